The maximum absolute atomic E-state index is 14.3. The van der Waals surface area contributed by atoms with Gasteiger partial charge in [0.25, 0.3) is 0 Å². The van der Waals surface area contributed by atoms with Crippen LogP contribution in [0.5, 0.6) is 0 Å². The Bertz CT molecular complexity index is 452. The summed E-state index contributed by atoms with van der Waals surface area (Å²) in [5.41, 5.74) is 0.692. The first-order valence-corrected chi connectivity index (χ1v) is 8.06. The maximum Gasteiger partial charge on any atom is 0.147 e. The van der Waals surface area contributed by atoms with E-state index in [9.17, 15) is 4.39 Å². The van der Waals surface area contributed by atoms with Crippen molar-refractivity contribution in [3.63, 3.8) is 0 Å². The van der Waals surface area contributed by atoms with Crippen LogP contribution < -0.4 is 5.32 Å². The SMILES string of the molecule is CCC1CCC(C(NC)c2ccc(Br)c(Cl)c2F)C1. The standard InChI is InChI=1S/C15H20BrClFN/c1-3-9-4-5-10(8-9)15(19-2)11-6-7-12(16)13(17)14(11)18/h6-7,9-10,15,19H,3-5,8H2,1-2H3. The molecule has 2 rings (SSSR count). The van der Waals surface area contributed by atoms with Gasteiger partial charge in [0.2, 0.25) is 0 Å². The Morgan fingerprint density at radius 3 is 2.79 bits per heavy atom. The van der Waals surface area contributed by atoms with Crippen molar-refractivity contribution in [2.45, 2.75) is 38.6 Å². The molecule has 3 atom stereocenters. The van der Waals surface area contributed by atoms with E-state index in [-0.39, 0.29) is 16.9 Å². The lowest BCUT2D eigenvalue weighted by Gasteiger charge is -2.24. The summed E-state index contributed by atoms with van der Waals surface area (Å²) in [6.45, 7) is 2.23. The lowest BCUT2D eigenvalue weighted by molar-refractivity contribution is 0.362. The normalized spacial score (nSPS) is 24.7. The van der Waals surface area contributed by atoms with Crippen LogP contribution in [0.4, 0.5) is 4.39 Å². The molecule has 0 spiro atoms. The molecule has 106 valence electrons. The highest BCUT2D eigenvalue weighted by molar-refractivity contribution is 9.10. The lowest BCUT2D eigenvalue weighted by Crippen LogP contribution is -2.25. The average Bonchev–Trinajstić information content (AvgIpc) is 2.88. The van der Waals surface area contributed by atoms with E-state index >= 15 is 0 Å². The second-order valence-corrected chi connectivity index (χ2v) is 6.61. The molecule has 1 aliphatic carbocycles. The number of halogens is 3. The Hall–Kier alpha value is -0.120. The fourth-order valence-electron chi connectivity index (χ4n) is 3.21. The van der Waals surface area contributed by atoms with Crippen molar-refractivity contribution in [2.24, 2.45) is 11.8 Å². The zero-order chi connectivity index (χ0) is 14.0. The van der Waals surface area contributed by atoms with Gasteiger partial charge < -0.3 is 5.32 Å². The van der Waals surface area contributed by atoms with Crippen molar-refractivity contribution in [1.29, 1.82) is 0 Å². The van der Waals surface area contributed by atoms with Gasteiger partial charge in [-0.3, -0.25) is 0 Å². The smallest absolute Gasteiger partial charge is 0.147 e. The molecule has 0 bridgehead atoms. The number of hydrogen-bond donors (Lipinski definition) is 1. The molecule has 1 saturated carbocycles. The zero-order valence-corrected chi connectivity index (χ0v) is 13.7. The van der Waals surface area contributed by atoms with Crippen LogP contribution in [0.3, 0.4) is 0 Å². The van der Waals surface area contributed by atoms with Crippen molar-refractivity contribution in [3.05, 3.63) is 33.0 Å². The highest BCUT2D eigenvalue weighted by atomic mass is 79.9. The third-order valence-corrected chi connectivity index (χ3v) is 5.60. The van der Waals surface area contributed by atoms with E-state index in [0.717, 1.165) is 12.3 Å². The largest absolute Gasteiger partial charge is 0.313 e. The van der Waals surface area contributed by atoms with Crippen molar-refractivity contribution < 1.29 is 4.39 Å². The minimum atomic E-state index is -0.296. The second kappa shape index (κ2) is 6.55. The van der Waals surface area contributed by atoms with E-state index in [4.69, 9.17) is 11.6 Å². The average molecular weight is 349 g/mol. The number of benzene rings is 1. The number of rotatable bonds is 4. The summed E-state index contributed by atoms with van der Waals surface area (Å²) in [6.07, 6.45) is 4.81. The van der Waals surface area contributed by atoms with Crippen molar-refractivity contribution in [2.75, 3.05) is 7.05 Å². The predicted molar refractivity (Wildman–Crippen MR) is 82.0 cm³/mol. The Labute approximate surface area is 128 Å². The molecule has 1 N–H and O–H groups in total. The quantitative estimate of drug-likeness (QED) is 0.725. The van der Waals surface area contributed by atoms with E-state index in [1.807, 2.05) is 19.2 Å². The van der Waals surface area contributed by atoms with E-state index in [2.05, 4.69) is 28.2 Å². The first kappa shape index (κ1) is 15.3. The number of nitrogens with one attached hydrogen (secondary N) is 1. The Morgan fingerprint density at radius 2 is 2.21 bits per heavy atom. The minimum Gasteiger partial charge on any atom is -0.313 e. The van der Waals surface area contributed by atoms with Crippen LogP contribution in [0.25, 0.3) is 0 Å². The van der Waals surface area contributed by atoms with Crippen molar-refractivity contribution >= 4 is 27.5 Å². The Balaban J connectivity index is 2.25. The predicted octanol–water partition coefficient (Wildman–Crippen LogP) is 5.33. The van der Waals surface area contributed by atoms with Crippen LogP contribution in [-0.2, 0) is 0 Å². The third-order valence-electron chi connectivity index (χ3n) is 4.34. The molecule has 0 saturated heterocycles. The molecule has 0 radical (unpaired) electrons. The van der Waals surface area contributed by atoms with Crippen LogP contribution >= 0.6 is 27.5 Å². The molecule has 1 aromatic rings. The molecular weight excluding hydrogens is 329 g/mol. The van der Waals surface area contributed by atoms with Gasteiger partial charge in [0, 0.05) is 16.1 Å². The van der Waals surface area contributed by atoms with E-state index in [0.29, 0.717) is 16.0 Å². The topological polar surface area (TPSA) is 12.0 Å². The summed E-state index contributed by atoms with van der Waals surface area (Å²) in [5.74, 6) is 0.992. The lowest BCUT2D eigenvalue weighted by atomic mass is 9.90. The highest BCUT2D eigenvalue weighted by Crippen LogP contribution is 2.42. The third kappa shape index (κ3) is 3.14. The first-order valence-electron chi connectivity index (χ1n) is 6.89. The minimum absolute atomic E-state index is 0.0575. The van der Waals surface area contributed by atoms with Gasteiger partial charge in [-0.1, -0.05) is 37.4 Å². The zero-order valence-electron chi connectivity index (χ0n) is 11.3. The summed E-state index contributed by atoms with van der Waals surface area (Å²) in [5, 5.41) is 3.46. The Morgan fingerprint density at radius 1 is 1.47 bits per heavy atom. The van der Waals surface area contributed by atoms with E-state index in [1.54, 1.807) is 0 Å². The molecule has 0 heterocycles. The van der Waals surface area contributed by atoms with Crippen LogP contribution in [0, 0.1) is 17.7 Å². The molecule has 0 aromatic heterocycles. The fraction of sp³-hybridized carbons (Fsp3) is 0.600. The first-order chi connectivity index (χ1) is 9.08. The van der Waals surface area contributed by atoms with Gasteiger partial charge in [-0.05, 0) is 53.7 Å². The van der Waals surface area contributed by atoms with Gasteiger partial charge in [0.1, 0.15) is 5.82 Å². The maximum atomic E-state index is 14.3. The molecule has 0 aliphatic heterocycles. The molecule has 1 aromatic carbocycles. The highest BCUT2D eigenvalue weighted by Gasteiger charge is 2.32. The summed E-state index contributed by atoms with van der Waals surface area (Å²) in [7, 11) is 1.90. The van der Waals surface area contributed by atoms with E-state index < -0.39 is 0 Å². The monoisotopic (exact) mass is 347 g/mol. The summed E-state index contributed by atoms with van der Waals surface area (Å²) < 4.78 is 14.9. The summed E-state index contributed by atoms with van der Waals surface area (Å²) in [4.78, 5) is 0. The van der Waals surface area contributed by atoms with Gasteiger partial charge >= 0.3 is 0 Å². The second-order valence-electron chi connectivity index (χ2n) is 5.38. The van der Waals surface area contributed by atoms with Crippen molar-refractivity contribution in [1.82, 2.24) is 5.32 Å². The van der Waals surface area contributed by atoms with Crippen LogP contribution in [0.1, 0.15) is 44.2 Å². The van der Waals surface area contributed by atoms with Gasteiger partial charge in [-0.2, -0.15) is 0 Å². The molecule has 1 nitrogen and oxygen atoms in total. The number of hydrogen-bond acceptors (Lipinski definition) is 1. The van der Waals surface area contributed by atoms with Crippen LogP contribution in [-0.4, -0.2) is 7.05 Å². The molecule has 3 unspecified atom stereocenters. The molecular formula is C15H20BrClFN. The Kier molecular flexibility index (Phi) is 5.27. The fourth-order valence-corrected chi connectivity index (χ4v) is 3.69. The molecule has 19 heavy (non-hydrogen) atoms. The molecule has 0 amide bonds. The van der Waals surface area contributed by atoms with Gasteiger partial charge in [-0.25, -0.2) is 4.39 Å². The summed E-state index contributed by atoms with van der Waals surface area (Å²) in [6, 6.07) is 3.73. The summed E-state index contributed by atoms with van der Waals surface area (Å²) >= 11 is 9.26. The van der Waals surface area contributed by atoms with Gasteiger partial charge in [-0.15, -0.1) is 0 Å². The molecule has 4 heteroatoms. The van der Waals surface area contributed by atoms with E-state index in [1.165, 1.54) is 19.3 Å². The van der Waals surface area contributed by atoms with Gasteiger partial charge in [0.15, 0.2) is 0 Å². The van der Waals surface area contributed by atoms with Crippen LogP contribution in [0.2, 0.25) is 5.02 Å². The van der Waals surface area contributed by atoms with Crippen molar-refractivity contribution in [3.8, 4) is 0 Å². The van der Waals surface area contributed by atoms with Gasteiger partial charge in [0.05, 0.1) is 5.02 Å². The molecule has 1 aliphatic rings. The molecule has 1 fully saturated rings. The van der Waals surface area contributed by atoms with Crippen LogP contribution in [0.15, 0.2) is 16.6 Å².